The number of aromatic nitrogens is 2. The van der Waals surface area contributed by atoms with Crippen molar-refractivity contribution in [3.05, 3.63) is 30.6 Å². The molecule has 2 nitrogen and oxygen atoms in total. The van der Waals surface area contributed by atoms with Crippen LogP contribution in [-0.2, 0) is 6.05 Å². The number of para-hydroxylation sites is 2. The van der Waals surface area contributed by atoms with E-state index in [1.165, 1.54) is 0 Å². The van der Waals surface area contributed by atoms with E-state index in [2.05, 4.69) is 4.98 Å². The monoisotopic (exact) mass is 340 g/mol. The zero-order valence-electron chi connectivity index (χ0n) is 15.3. The summed E-state index contributed by atoms with van der Waals surface area (Å²) in [4.78, 5) is 3.98. The molecule has 2 atom stereocenters. The first kappa shape index (κ1) is 18.8. The molecule has 0 aliphatic carbocycles. The van der Waals surface area contributed by atoms with Crippen LogP contribution in [0.15, 0.2) is 30.6 Å². The summed E-state index contributed by atoms with van der Waals surface area (Å²) in [6.07, 6.45) is -0.886. The number of rotatable bonds is 4. The van der Waals surface area contributed by atoms with Crippen LogP contribution in [0.1, 0.15) is 48.0 Å². The smallest absolute Gasteiger partial charge is 0.268 e. The third-order valence-electron chi connectivity index (χ3n) is 4.40. The molecule has 134 valence electrons. The van der Waals surface area contributed by atoms with Crippen LogP contribution in [0.5, 0.6) is 0 Å². The lowest BCUT2D eigenvalue weighted by Gasteiger charge is -2.40. The molecule has 2 rings (SSSR count). The normalized spacial score (nSPS) is 16.4. The van der Waals surface area contributed by atoms with Gasteiger partial charge in [-0.15, -0.1) is 0 Å². The van der Waals surface area contributed by atoms with Gasteiger partial charge in [-0.3, -0.25) is 4.57 Å². The van der Waals surface area contributed by atoms with Crippen molar-refractivity contribution >= 4 is 11.0 Å². The van der Waals surface area contributed by atoms with E-state index >= 15 is 13.2 Å². The molecule has 0 bridgehead atoms. The van der Waals surface area contributed by atoms with Gasteiger partial charge >= 0.3 is 6.05 Å². The van der Waals surface area contributed by atoms with Gasteiger partial charge in [-0.25, -0.2) is 9.37 Å². The van der Waals surface area contributed by atoms with Gasteiger partial charge in [-0.1, -0.05) is 53.7 Å². The summed E-state index contributed by atoms with van der Waals surface area (Å²) in [5.41, 5.74) is -0.136. The van der Waals surface area contributed by atoms with E-state index in [-0.39, 0.29) is 10.9 Å². The highest BCUT2D eigenvalue weighted by molar-refractivity contribution is 5.75. The van der Waals surface area contributed by atoms with Crippen molar-refractivity contribution < 1.29 is 13.2 Å². The molecule has 1 aromatic carbocycles. The maximum atomic E-state index is 15.2. The van der Waals surface area contributed by atoms with Crippen molar-refractivity contribution in [1.82, 2.24) is 9.55 Å². The average molecular weight is 340 g/mol. The number of fused-ring (bicyclic) bond motifs is 1. The molecule has 1 heterocycles. The van der Waals surface area contributed by atoms with E-state index in [1.807, 2.05) is 41.5 Å². The maximum absolute atomic E-state index is 15.2. The highest BCUT2D eigenvalue weighted by Gasteiger charge is 2.51. The minimum atomic E-state index is -3.65. The maximum Gasteiger partial charge on any atom is 0.361 e. The molecule has 0 aliphatic heterocycles. The van der Waals surface area contributed by atoms with E-state index in [1.54, 1.807) is 24.3 Å². The Labute approximate surface area is 142 Å². The van der Waals surface area contributed by atoms with E-state index < -0.39 is 23.6 Å². The Morgan fingerprint density at radius 3 is 2.17 bits per heavy atom. The Bertz CT molecular complexity index is 692. The van der Waals surface area contributed by atoms with Crippen LogP contribution >= 0.6 is 0 Å². The first-order valence-electron chi connectivity index (χ1n) is 8.28. The molecule has 0 spiro atoms. The van der Waals surface area contributed by atoms with Crippen molar-refractivity contribution in [2.24, 2.45) is 16.7 Å². The molecule has 0 fully saturated rings. The molecule has 0 N–H and O–H groups in total. The lowest BCUT2D eigenvalue weighted by molar-refractivity contribution is -0.174. The molecular formula is C19H27F3N2. The number of hydrogen-bond donors (Lipinski definition) is 0. The van der Waals surface area contributed by atoms with Gasteiger partial charge in [0.05, 0.1) is 11.0 Å². The lowest BCUT2D eigenvalue weighted by Crippen LogP contribution is -2.44. The van der Waals surface area contributed by atoms with Gasteiger partial charge < -0.3 is 0 Å². The van der Waals surface area contributed by atoms with Crippen molar-refractivity contribution in [1.29, 1.82) is 0 Å². The minimum Gasteiger partial charge on any atom is -0.268 e. The predicted octanol–water partition coefficient (Wildman–Crippen LogP) is 6.02. The summed E-state index contributed by atoms with van der Waals surface area (Å²) >= 11 is 0. The zero-order chi connectivity index (χ0) is 18.3. The van der Waals surface area contributed by atoms with Crippen molar-refractivity contribution in [2.45, 2.75) is 60.2 Å². The fourth-order valence-electron chi connectivity index (χ4n) is 3.08. The fourth-order valence-corrected chi connectivity index (χ4v) is 3.08. The number of benzene rings is 1. The van der Waals surface area contributed by atoms with Crippen LogP contribution in [0.4, 0.5) is 13.2 Å². The molecule has 0 saturated carbocycles. The number of imidazole rings is 1. The van der Waals surface area contributed by atoms with Crippen LogP contribution in [-0.4, -0.2) is 15.7 Å². The predicted molar refractivity (Wildman–Crippen MR) is 91.8 cm³/mol. The Morgan fingerprint density at radius 1 is 1.04 bits per heavy atom. The zero-order valence-corrected chi connectivity index (χ0v) is 15.3. The lowest BCUT2D eigenvalue weighted by atomic mass is 9.69. The van der Waals surface area contributed by atoms with Gasteiger partial charge in [-0.05, 0) is 29.4 Å². The van der Waals surface area contributed by atoms with Crippen LogP contribution in [0.2, 0.25) is 0 Å². The van der Waals surface area contributed by atoms with Crippen molar-refractivity contribution in [2.75, 3.05) is 0 Å². The first-order chi connectivity index (χ1) is 10.8. The molecule has 2 unspecified atom stereocenters. The molecule has 1 aromatic heterocycles. The van der Waals surface area contributed by atoms with Crippen molar-refractivity contribution in [3.63, 3.8) is 0 Å². The molecule has 0 saturated heterocycles. The largest absolute Gasteiger partial charge is 0.361 e. The second kappa shape index (κ2) is 6.08. The molecule has 24 heavy (non-hydrogen) atoms. The summed E-state index contributed by atoms with van der Waals surface area (Å²) in [6.45, 7) is 11.3. The summed E-state index contributed by atoms with van der Waals surface area (Å²) in [5, 5.41) is 0. The van der Waals surface area contributed by atoms with E-state index in [9.17, 15) is 0 Å². The third kappa shape index (κ3) is 3.76. The number of hydrogen-bond acceptors (Lipinski definition) is 1. The minimum absolute atomic E-state index is 0.241. The molecule has 0 amide bonds. The molecule has 2 aromatic rings. The molecular weight excluding hydrogens is 313 g/mol. The van der Waals surface area contributed by atoms with E-state index in [4.69, 9.17) is 0 Å². The number of halogens is 3. The standard InChI is InChI=1S/C19H27F3N2/c1-17(2,3)11-13(18(4,5)6)16(20)19(21,22)24-12-23-14-9-7-8-10-15(14)24/h7-10,12-13,16H,11H2,1-6H3. The summed E-state index contributed by atoms with van der Waals surface area (Å²) in [7, 11) is 0. The Balaban J connectivity index is 2.45. The number of nitrogens with zero attached hydrogens (tertiary/aromatic N) is 2. The highest BCUT2D eigenvalue weighted by atomic mass is 19.3. The highest BCUT2D eigenvalue weighted by Crippen LogP contribution is 2.46. The van der Waals surface area contributed by atoms with E-state index in [0.29, 0.717) is 16.5 Å². The second-order valence-electron chi connectivity index (χ2n) is 8.83. The fraction of sp³-hybridized carbons (Fsp3) is 0.632. The van der Waals surface area contributed by atoms with Crippen molar-refractivity contribution in [3.8, 4) is 0 Å². The second-order valence-corrected chi connectivity index (χ2v) is 8.83. The van der Waals surface area contributed by atoms with Crippen LogP contribution < -0.4 is 0 Å². The van der Waals surface area contributed by atoms with Crippen LogP contribution in [0, 0.1) is 16.7 Å². The quantitative estimate of drug-likeness (QED) is 0.665. The third-order valence-corrected chi connectivity index (χ3v) is 4.40. The molecule has 5 heteroatoms. The Kier molecular flexibility index (Phi) is 4.77. The molecule has 0 aliphatic rings. The van der Waals surface area contributed by atoms with Gasteiger partial charge in [0, 0.05) is 5.92 Å². The van der Waals surface area contributed by atoms with Gasteiger partial charge in [0.1, 0.15) is 6.33 Å². The van der Waals surface area contributed by atoms with Gasteiger partial charge in [0.25, 0.3) is 0 Å². The first-order valence-corrected chi connectivity index (χ1v) is 8.28. The van der Waals surface area contributed by atoms with E-state index in [0.717, 1.165) is 6.33 Å². The Morgan fingerprint density at radius 2 is 1.62 bits per heavy atom. The van der Waals surface area contributed by atoms with Crippen LogP contribution in [0.25, 0.3) is 11.0 Å². The van der Waals surface area contributed by atoms with Gasteiger partial charge in [0.15, 0.2) is 6.17 Å². The number of alkyl halides is 3. The van der Waals surface area contributed by atoms with Gasteiger partial charge in [0.2, 0.25) is 0 Å². The SMILES string of the molecule is CC(C)(C)CC(C(F)C(F)(F)n1cnc2ccccc21)C(C)(C)C. The van der Waals surface area contributed by atoms with Gasteiger partial charge in [-0.2, -0.15) is 8.78 Å². The summed E-state index contributed by atoms with van der Waals surface area (Å²) < 4.78 is 45.9. The summed E-state index contributed by atoms with van der Waals surface area (Å²) in [6, 6.07) is 2.91. The average Bonchev–Trinajstić information content (AvgIpc) is 2.86. The molecule has 0 radical (unpaired) electrons. The summed E-state index contributed by atoms with van der Waals surface area (Å²) in [5.74, 6) is -0.784. The topological polar surface area (TPSA) is 17.8 Å². The van der Waals surface area contributed by atoms with Crippen LogP contribution in [0.3, 0.4) is 0 Å². The Hall–Kier alpha value is -1.52.